The highest BCUT2D eigenvalue weighted by atomic mass is 35.5. The summed E-state index contributed by atoms with van der Waals surface area (Å²) in [6.45, 7) is 2.16. The minimum atomic E-state index is 0.0531. The fourth-order valence-corrected chi connectivity index (χ4v) is 2.82. The molecule has 7 nitrogen and oxygen atoms in total. The smallest absolute Gasteiger partial charge is 0.267 e. The Morgan fingerprint density at radius 2 is 1.93 bits per heavy atom. The van der Waals surface area contributed by atoms with Gasteiger partial charge in [-0.3, -0.25) is 0 Å². The number of aryl methyl sites for hydroxylation is 1. The zero-order chi connectivity index (χ0) is 19.9. The van der Waals surface area contributed by atoms with Crippen LogP contribution < -0.4 is 9.47 Å². The maximum absolute atomic E-state index is 6.16. The van der Waals surface area contributed by atoms with Crippen molar-refractivity contribution in [2.24, 2.45) is 5.16 Å². The van der Waals surface area contributed by atoms with E-state index in [4.69, 9.17) is 30.4 Å². The van der Waals surface area contributed by atoms with Gasteiger partial charge in [0, 0.05) is 11.1 Å². The molecule has 28 heavy (non-hydrogen) atoms. The fourth-order valence-electron chi connectivity index (χ4n) is 2.52. The topological polar surface area (TPSA) is 79.0 Å². The van der Waals surface area contributed by atoms with E-state index >= 15 is 0 Å². The van der Waals surface area contributed by atoms with E-state index in [1.54, 1.807) is 12.1 Å². The lowest BCUT2D eigenvalue weighted by Crippen LogP contribution is -1.94. The Morgan fingerprint density at radius 3 is 2.61 bits per heavy atom. The van der Waals surface area contributed by atoms with E-state index in [-0.39, 0.29) is 6.61 Å². The fraction of sp³-hybridized carbons (Fsp3) is 0.250. The number of hydrogen-bond donors (Lipinski definition) is 0. The number of nitrogens with zero attached hydrogens (tertiary/aromatic N) is 3. The third kappa shape index (κ3) is 4.61. The highest BCUT2D eigenvalue weighted by Crippen LogP contribution is 2.35. The molecule has 0 aliphatic carbocycles. The van der Waals surface area contributed by atoms with E-state index in [0.29, 0.717) is 33.8 Å². The first kappa shape index (κ1) is 19.7. The van der Waals surface area contributed by atoms with Crippen molar-refractivity contribution in [1.29, 1.82) is 0 Å². The number of benzene rings is 2. The molecule has 0 saturated carbocycles. The van der Waals surface area contributed by atoms with Crippen LogP contribution >= 0.6 is 11.6 Å². The summed E-state index contributed by atoms with van der Waals surface area (Å²) in [7, 11) is 3.06. The van der Waals surface area contributed by atoms with Crippen molar-refractivity contribution in [3.63, 3.8) is 0 Å². The normalized spacial score (nSPS) is 11.0. The molecule has 0 aliphatic rings. The number of rotatable bonds is 8. The van der Waals surface area contributed by atoms with E-state index in [0.717, 1.165) is 12.0 Å². The first-order valence-electron chi connectivity index (χ1n) is 8.63. The van der Waals surface area contributed by atoms with Gasteiger partial charge in [0.15, 0.2) is 18.1 Å². The molecule has 2 aromatic carbocycles. The van der Waals surface area contributed by atoms with Crippen LogP contribution in [-0.2, 0) is 17.9 Å². The first-order chi connectivity index (χ1) is 13.6. The van der Waals surface area contributed by atoms with Crippen LogP contribution in [0.1, 0.15) is 23.9 Å². The predicted molar refractivity (Wildman–Crippen MR) is 106 cm³/mol. The SMILES string of the molecule is CCc1ccc(-c2noc(CO/N=C\c3cc(Cl)c(OC)c(OC)c3)n2)cc1. The first-order valence-corrected chi connectivity index (χ1v) is 9.01. The van der Waals surface area contributed by atoms with E-state index in [1.807, 2.05) is 24.3 Å². The molecule has 0 unspecified atom stereocenters. The van der Waals surface area contributed by atoms with Gasteiger partial charge in [-0.05, 0) is 24.1 Å². The molecular formula is C20H20ClN3O4. The van der Waals surface area contributed by atoms with Crippen LogP contribution in [0.2, 0.25) is 5.02 Å². The van der Waals surface area contributed by atoms with Crippen molar-refractivity contribution >= 4 is 17.8 Å². The molecule has 0 N–H and O–H groups in total. The zero-order valence-electron chi connectivity index (χ0n) is 15.8. The second-order valence-corrected chi connectivity index (χ2v) is 6.22. The Labute approximate surface area is 167 Å². The summed E-state index contributed by atoms with van der Waals surface area (Å²) < 4.78 is 15.6. The molecule has 0 fully saturated rings. The van der Waals surface area contributed by atoms with Gasteiger partial charge in [0.05, 0.1) is 25.5 Å². The molecule has 1 heterocycles. The molecule has 3 rings (SSSR count). The molecule has 0 bridgehead atoms. The molecular weight excluding hydrogens is 382 g/mol. The lowest BCUT2D eigenvalue weighted by molar-refractivity contribution is 0.107. The summed E-state index contributed by atoms with van der Waals surface area (Å²) in [6, 6.07) is 11.4. The molecule has 0 aliphatic heterocycles. The van der Waals surface area contributed by atoms with Crippen LogP contribution in [0.25, 0.3) is 11.4 Å². The van der Waals surface area contributed by atoms with Crippen molar-refractivity contribution in [1.82, 2.24) is 10.1 Å². The number of halogens is 1. The third-order valence-corrected chi connectivity index (χ3v) is 4.29. The van der Waals surface area contributed by atoms with Crippen LogP contribution in [0.4, 0.5) is 0 Å². The van der Waals surface area contributed by atoms with Gasteiger partial charge >= 0.3 is 0 Å². The van der Waals surface area contributed by atoms with Gasteiger partial charge in [0.1, 0.15) is 0 Å². The van der Waals surface area contributed by atoms with E-state index in [1.165, 1.54) is 26.0 Å². The number of ether oxygens (including phenoxy) is 2. The summed E-state index contributed by atoms with van der Waals surface area (Å²) in [6.07, 6.45) is 2.49. The maximum atomic E-state index is 6.16. The standard InChI is InChI=1S/C20H20ClN3O4/c1-4-13-5-7-15(8-6-13)20-23-18(28-24-20)12-27-22-11-14-9-16(21)19(26-3)17(10-14)25-2/h5-11H,4,12H2,1-3H3/b22-11-. The second-order valence-electron chi connectivity index (χ2n) is 5.81. The average molecular weight is 402 g/mol. The molecule has 0 saturated heterocycles. The molecule has 0 atom stereocenters. The molecule has 146 valence electrons. The van der Waals surface area contributed by atoms with Crippen molar-refractivity contribution in [2.45, 2.75) is 20.0 Å². The quantitative estimate of drug-likeness (QED) is 0.408. The summed E-state index contributed by atoms with van der Waals surface area (Å²) in [5, 5.41) is 8.29. The van der Waals surface area contributed by atoms with Gasteiger partial charge in [0.2, 0.25) is 5.82 Å². The molecule has 0 amide bonds. The summed E-state index contributed by atoms with van der Waals surface area (Å²) in [5.74, 6) is 1.81. The number of oxime groups is 1. The Morgan fingerprint density at radius 1 is 1.14 bits per heavy atom. The molecule has 0 radical (unpaired) electrons. The van der Waals surface area contributed by atoms with Gasteiger partial charge in [-0.1, -0.05) is 53.1 Å². The van der Waals surface area contributed by atoms with Gasteiger partial charge in [-0.25, -0.2) is 0 Å². The van der Waals surface area contributed by atoms with Crippen LogP contribution in [0, 0.1) is 0 Å². The summed E-state index contributed by atoms with van der Waals surface area (Å²) >= 11 is 6.16. The Hall–Kier alpha value is -3.06. The lowest BCUT2D eigenvalue weighted by Gasteiger charge is -2.09. The number of aromatic nitrogens is 2. The van der Waals surface area contributed by atoms with Gasteiger partial charge in [-0.15, -0.1) is 0 Å². The van der Waals surface area contributed by atoms with E-state index in [9.17, 15) is 0 Å². The Bertz CT molecular complexity index is 955. The van der Waals surface area contributed by atoms with Gasteiger partial charge in [-0.2, -0.15) is 4.98 Å². The lowest BCUT2D eigenvalue weighted by atomic mass is 10.1. The summed E-state index contributed by atoms with van der Waals surface area (Å²) in [4.78, 5) is 9.55. The van der Waals surface area contributed by atoms with Crippen molar-refractivity contribution in [3.05, 3.63) is 58.4 Å². The Balaban J connectivity index is 1.61. The van der Waals surface area contributed by atoms with Crippen LogP contribution in [0.5, 0.6) is 11.5 Å². The van der Waals surface area contributed by atoms with E-state index < -0.39 is 0 Å². The van der Waals surface area contributed by atoms with Crippen LogP contribution in [-0.4, -0.2) is 30.6 Å². The number of hydrogen-bond acceptors (Lipinski definition) is 7. The third-order valence-electron chi connectivity index (χ3n) is 4.01. The minimum absolute atomic E-state index is 0.0531. The number of methoxy groups -OCH3 is 2. The molecule has 1 aromatic heterocycles. The van der Waals surface area contributed by atoms with Crippen molar-refractivity contribution < 1.29 is 18.8 Å². The highest BCUT2D eigenvalue weighted by Gasteiger charge is 2.11. The highest BCUT2D eigenvalue weighted by molar-refractivity contribution is 6.32. The maximum Gasteiger partial charge on any atom is 0.267 e. The zero-order valence-corrected chi connectivity index (χ0v) is 16.6. The van der Waals surface area contributed by atoms with E-state index in [2.05, 4.69) is 22.2 Å². The average Bonchev–Trinajstić information content (AvgIpc) is 3.19. The van der Waals surface area contributed by atoms with Gasteiger partial charge < -0.3 is 18.8 Å². The largest absolute Gasteiger partial charge is 0.493 e. The molecule has 3 aromatic rings. The van der Waals surface area contributed by atoms with Crippen LogP contribution in [0.3, 0.4) is 0 Å². The monoisotopic (exact) mass is 401 g/mol. The second kappa shape index (κ2) is 9.23. The Kier molecular flexibility index (Phi) is 6.49. The van der Waals surface area contributed by atoms with Crippen LogP contribution in [0.15, 0.2) is 46.1 Å². The summed E-state index contributed by atoms with van der Waals surface area (Å²) in [5.41, 5.74) is 2.83. The molecule has 8 heteroatoms. The predicted octanol–water partition coefficient (Wildman–Crippen LogP) is 4.52. The minimum Gasteiger partial charge on any atom is -0.493 e. The molecule has 0 spiro atoms. The van der Waals surface area contributed by atoms with Crippen molar-refractivity contribution in [3.8, 4) is 22.9 Å². The van der Waals surface area contributed by atoms with Gasteiger partial charge in [0.25, 0.3) is 5.89 Å². The van der Waals surface area contributed by atoms with Crippen molar-refractivity contribution in [2.75, 3.05) is 14.2 Å².